The summed E-state index contributed by atoms with van der Waals surface area (Å²) in [6.07, 6.45) is 0. The highest BCUT2D eigenvalue weighted by atomic mass is 16.5. The number of rotatable bonds is 4. The molecule has 0 unspecified atom stereocenters. The standard InChI is InChI=1S/C53H37BN2O/c1-53(2)43-31-36-29-39(55(37-17-5-3-6-18-37)47-24-13-16-34-15-9-10-21-40(34)47)28-27-35(36)30-41(43)42-32-51-46(33-44(42)53)54-45-22-11-12-23-48(45)56(38-19-7-4-8-20-38)49-25-14-26-50(57-51)52(49)54/h3-33H,1-2H3. The van der Waals surface area contributed by atoms with Crippen LogP contribution in [0.1, 0.15) is 25.0 Å². The van der Waals surface area contributed by atoms with Gasteiger partial charge in [0.1, 0.15) is 11.5 Å². The molecule has 0 saturated carbocycles. The Labute approximate surface area is 333 Å². The zero-order chi connectivity index (χ0) is 37.8. The molecule has 0 fully saturated rings. The van der Waals surface area contributed by atoms with Crippen molar-refractivity contribution in [3.63, 3.8) is 0 Å². The molecule has 0 atom stereocenters. The third-order valence-corrected chi connectivity index (χ3v) is 12.6. The molecule has 3 nitrogen and oxygen atoms in total. The second-order valence-electron chi connectivity index (χ2n) is 16.1. The molecule has 2 aliphatic heterocycles. The molecule has 0 bridgehead atoms. The fourth-order valence-corrected chi connectivity index (χ4v) is 9.99. The van der Waals surface area contributed by atoms with Crippen molar-refractivity contribution < 1.29 is 4.74 Å². The average Bonchev–Trinajstić information content (AvgIpc) is 3.46. The van der Waals surface area contributed by atoms with Crippen LogP contribution in [0.4, 0.5) is 34.1 Å². The highest BCUT2D eigenvalue weighted by molar-refractivity contribution is 6.99. The zero-order valence-corrected chi connectivity index (χ0v) is 31.8. The number of anilines is 6. The van der Waals surface area contributed by atoms with Crippen LogP contribution in [0.3, 0.4) is 0 Å². The van der Waals surface area contributed by atoms with E-state index in [0.29, 0.717) is 0 Å². The van der Waals surface area contributed by atoms with Crippen molar-refractivity contribution in [1.82, 2.24) is 0 Å². The fraction of sp³-hybridized carbons (Fsp3) is 0.0566. The third kappa shape index (κ3) is 4.68. The minimum atomic E-state index is -0.220. The molecule has 0 amide bonds. The van der Waals surface area contributed by atoms with Gasteiger partial charge in [0.05, 0.1) is 5.69 Å². The molecule has 0 N–H and O–H groups in total. The van der Waals surface area contributed by atoms with E-state index in [1.54, 1.807) is 0 Å². The van der Waals surface area contributed by atoms with Gasteiger partial charge in [-0.2, -0.15) is 0 Å². The maximum atomic E-state index is 6.94. The lowest BCUT2D eigenvalue weighted by Crippen LogP contribution is -2.59. The first-order valence-electron chi connectivity index (χ1n) is 19.9. The Kier molecular flexibility index (Phi) is 6.77. The molecule has 0 spiro atoms. The number of fused-ring (bicyclic) bond motifs is 9. The summed E-state index contributed by atoms with van der Waals surface area (Å²) in [7, 11) is 0. The summed E-state index contributed by atoms with van der Waals surface area (Å²) in [6.45, 7) is 4.84. The summed E-state index contributed by atoms with van der Waals surface area (Å²) >= 11 is 0. The number of benzene rings is 9. The van der Waals surface area contributed by atoms with Crippen LogP contribution in [0.15, 0.2) is 188 Å². The van der Waals surface area contributed by atoms with E-state index in [1.807, 2.05) is 0 Å². The fourth-order valence-electron chi connectivity index (χ4n) is 9.99. The van der Waals surface area contributed by atoms with Crippen molar-refractivity contribution >= 4 is 78.8 Å². The van der Waals surface area contributed by atoms with E-state index in [0.717, 1.165) is 28.6 Å². The summed E-state index contributed by atoms with van der Waals surface area (Å²) < 4.78 is 6.94. The van der Waals surface area contributed by atoms with Crippen LogP contribution in [0.2, 0.25) is 0 Å². The lowest BCUT2D eigenvalue weighted by atomic mass is 9.34. The monoisotopic (exact) mass is 728 g/mol. The quantitative estimate of drug-likeness (QED) is 0.168. The lowest BCUT2D eigenvalue weighted by molar-refractivity contribution is 0.487. The van der Waals surface area contributed by atoms with E-state index < -0.39 is 0 Å². The first-order valence-corrected chi connectivity index (χ1v) is 19.9. The molecule has 9 aromatic rings. The van der Waals surface area contributed by atoms with Gasteiger partial charge >= 0.3 is 0 Å². The van der Waals surface area contributed by atoms with Gasteiger partial charge in [-0.1, -0.05) is 123 Å². The first kappa shape index (κ1) is 32.2. The van der Waals surface area contributed by atoms with E-state index in [2.05, 4.69) is 212 Å². The Bertz CT molecular complexity index is 3100. The molecule has 12 rings (SSSR count). The molecule has 268 valence electrons. The second kappa shape index (κ2) is 12.0. The van der Waals surface area contributed by atoms with Crippen molar-refractivity contribution in [1.29, 1.82) is 0 Å². The van der Waals surface area contributed by atoms with Crippen LogP contribution in [0.25, 0.3) is 32.7 Å². The predicted molar refractivity (Wildman–Crippen MR) is 240 cm³/mol. The van der Waals surface area contributed by atoms with E-state index in [9.17, 15) is 0 Å². The van der Waals surface area contributed by atoms with Crippen molar-refractivity contribution in [2.24, 2.45) is 0 Å². The van der Waals surface area contributed by atoms with Gasteiger partial charge in [-0.05, 0) is 134 Å². The van der Waals surface area contributed by atoms with Crippen LogP contribution >= 0.6 is 0 Å². The number of ether oxygens (including phenoxy) is 1. The van der Waals surface area contributed by atoms with Crippen molar-refractivity contribution in [3.8, 4) is 22.6 Å². The predicted octanol–water partition coefficient (Wildman–Crippen LogP) is 12.2. The minimum absolute atomic E-state index is 0.0561. The van der Waals surface area contributed by atoms with Gasteiger partial charge in [-0.25, -0.2) is 0 Å². The molecule has 9 aromatic carbocycles. The van der Waals surface area contributed by atoms with Crippen LogP contribution in [-0.2, 0) is 5.41 Å². The van der Waals surface area contributed by atoms with Gasteiger partial charge in [-0.3, -0.25) is 0 Å². The van der Waals surface area contributed by atoms with E-state index in [-0.39, 0.29) is 12.1 Å². The van der Waals surface area contributed by atoms with Crippen LogP contribution < -0.4 is 30.9 Å². The van der Waals surface area contributed by atoms with E-state index in [4.69, 9.17) is 4.74 Å². The van der Waals surface area contributed by atoms with Gasteiger partial charge < -0.3 is 14.5 Å². The maximum absolute atomic E-state index is 6.94. The molecule has 3 aliphatic rings. The Morgan fingerprint density at radius 3 is 2.07 bits per heavy atom. The minimum Gasteiger partial charge on any atom is -0.458 e. The van der Waals surface area contributed by atoms with Crippen LogP contribution in [-0.4, -0.2) is 6.71 Å². The summed E-state index contributed by atoms with van der Waals surface area (Å²) in [5.74, 6) is 1.87. The van der Waals surface area contributed by atoms with Crippen molar-refractivity contribution in [2.75, 3.05) is 9.80 Å². The van der Waals surface area contributed by atoms with Gasteiger partial charge in [0.2, 0.25) is 0 Å². The van der Waals surface area contributed by atoms with Gasteiger partial charge in [0.15, 0.2) is 0 Å². The van der Waals surface area contributed by atoms with Crippen molar-refractivity contribution in [2.45, 2.75) is 19.3 Å². The normalized spacial score (nSPS) is 14.0. The molecule has 0 aromatic heterocycles. The Morgan fingerprint density at radius 2 is 1.19 bits per heavy atom. The number of para-hydroxylation sites is 3. The van der Waals surface area contributed by atoms with E-state index >= 15 is 0 Å². The molecule has 1 aliphatic carbocycles. The average molecular weight is 729 g/mol. The molecule has 0 saturated heterocycles. The van der Waals surface area contributed by atoms with Crippen LogP contribution in [0, 0.1) is 0 Å². The summed E-state index contributed by atoms with van der Waals surface area (Å²) in [4.78, 5) is 4.79. The third-order valence-electron chi connectivity index (χ3n) is 12.6. The smallest absolute Gasteiger partial charge is 0.256 e. The SMILES string of the molecule is CC1(C)c2cc3c(cc2-c2cc4ccc(N(c5ccccc5)c5cccc6ccccc56)cc4cc21)Oc1cccc2c1B3c1ccccc1N2c1ccccc1. The molecule has 2 heterocycles. The number of hydrogen-bond donors (Lipinski definition) is 0. The van der Waals surface area contributed by atoms with Crippen LogP contribution in [0.5, 0.6) is 11.5 Å². The lowest BCUT2D eigenvalue weighted by Gasteiger charge is -2.40. The largest absolute Gasteiger partial charge is 0.458 e. The number of hydrogen-bond acceptors (Lipinski definition) is 3. The first-order chi connectivity index (χ1) is 28.0. The summed E-state index contributed by atoms with van der Waals surface area (Å²) in [5, 5.41) is 4.91. The highest BCUT2D eigenvalue weighted by Gasteiger charge is 2.44. The molecule has 0 radical (unpaired) electrons. The Hall–Kier alpha value is -7.04. The summed E-state index contributed by atoms with van der Waals surface area (Å²) in [5.41, 5.74) is 15.7. The van der Waals surface area contributed by atoms with E-state index in [1.165, 1.54) is 77.2 Å². The molecular weight excluding hydrogens is 691 g/mol. The molecular formula is C53H37BN2O. The Balaban J connectivity index is 1.01. The molecule has 57 heavy (non-hydrogen) atoms. The van der Waals surface area contributed by atoms with Gasteiger partial charge in [0.25, 0.3) is 6.71 Å². The summed E-state index contributed by atoms with van der Waals surface area (Å²) in [6, 6.07) is 68.7. The van der Waals surface area contributed by atoms with Gasteiger partial charge in [0, 0.05) is 39.2 Å². The topological polar surface area (TPSA) is 15.7 Å². The van der Waals surface area contributed by atoms with Crippen molar-refractivity contribution in [3.05, 3.63) is 199 Å². The maximum Gasteiger partial charge on any atom is 0.256 e. The van der Waals surface area contributed by atoms with Gasteiger partial charge in [-0.15, -0.1) is 0 Å². The second-order valence-corrected chi connectivity index (χ2v) is 16.1. The highest BCUT2D eigenvalue weighted by Crippen LogP contribution is 2.52. The Morgan fingerprint density at radius 1 is 0.491 bits per heavy atom. The molecule has 4 heteroatoms. The zero-order valence-electron chi connectivity index (χ0n) is 31.8. The number of nitrogens with zero attached hydrogens (tertiary/aromatic N) is 2.